The fourth-order valence-corrected chi connectivity index (χ4v) is 3.08. The van der Waals surface area contributed by atoms with Crippen LogP contribution in [0, 0.1) is 13.8 Å². The SMILES string of the molecule is Cc1ccc(-c2nn(-c3ccccc3)cc2C(=O)NCC(=O)OC(C)C)c(C)c1. The Morgan fingerprint density at radius 3 is 2.48 bits per heavy atom. The first-order chi connectivity index (χ1) is 13.8. The Balaban J connectivity index is 1.97. The van der Waals surface area contributed by atoms with Crippen LogP contribution >= 0.6 is 0 Å². The lowest BCUT2D eigenvalue weighted by molar-refractivity contribution is -0.146. The van der Waals surface area contributed by atoms with E-state index >= 15 is 0 Å². The Morgan fingerprint density at radius 2 is 1.83 bits per heavy atom. The van der Waals surface area contributed by atoms with Crippen molar-refractivity contribution in [3.05, 3.63) is 71.4 Å². The second-order valence-electron chi connectivity index (χ2n) is 7.21. The number of aryl methyl sites for hydroxylation is 2. The maximum Gasteiger partial charge on any atom is 0.325 e. The lowest BCUT2D eigenvalue weighted by Crippen LogP contribution is -2.31. The van der Waals surface area contributed by atoms with E-state index in [0.29, 0.717) is 11.3 Å². The van der Waals surface area contributed by atoms with Crippen LogP contribution in [0.1, 0.15) is 35.3 Å². The van der Waals surface area contributed by atoms with Gasteiger partial charge in [0.1, 0.15) is 12.2 Å². The molecule has 1 heterocycles. The molecule has 0 bridgehead atoms. The predicted octanol–water partition coefficient (Wildman–Crippen LogP) is 3.84. The minimum Gasteiger partial charge on any atom is -0.462 e. The summed E-state index contributed by atoms with van der Waals surface area (Å²) in [7, 11) is 0. The highest BCUT2D eigenvalue weighted by atomic mass is 16.5. The molecule has 0 aliphatic rings. The second-order valence-corrected chi connectivity index (χ2v) is 7.21. The van der Waals surface area contributed by atoms with Gasteiger partial charge in [0.25, 0.3) is 5.91 Å². The standard InChI is InChI=1S/C23H25N3O3/c1-15(2)29-21(27)13-24-23(28)20-14-26(18-8-6-5-7-9-18)25-22(20)19-11-10-16(3)12-17(19)4/h5-12,14-15H,13H2,1-4H3,(H,24,28). The van der Waals surface area contributed by atoms with Gasteiger partial charge in [-0.1, -0.05) is 42.0 Å². The number of carbonyl (C=O) groups is 2. The summed E-state index contributed by atoms with van der Waals surface area (Å²) in [6.07, 6.45) is 1.46. The number of ether oxygens (including phenoxy) is 1. The van der Waals surface area contributed by atoms with E-state index in [1.807, 2.05) is 56.3 Å². The number of carbonyl (C=O) groups excluding carboxylic acids is 2. The van der Waals surface area contributed by atoms with Crippen molar-refractivity contribution < 1.29 is 14.3 Å². The molecule has 6 nitrogen and oxygen atoms in total. The molecule has 1 aromatic heterocycles. The van der Waals surface area contributed by atoms with Gasteiger partial charge in [0.2, 0.25) is 0 Å². The van der Waals surface area contributed by atoms with Crippen molar-refractivity contribution in [2.45, 2.75) is 33.8 Å². The van der Waals surface area contributed by atoms with E-state index in [0.717, 1.165) is 22.4 Å². The van der Waals surface area contributed by atoms with Crippen molar-refractivity contribution in [1.29, 1.82) is 0 Å². The zero-order chi connectivity index (χ0) is 21.0. The monoisotopic (exact) mass is 391 g/mol. The fourth-order valence-electron chi connectivity index (χ4n) is 3.08. The first-order valence-electron chi connectivity index (χ1n) is 9.55. The second kappa shape index (κ2) is 8.73. The van der Waals surface area contributed by atoms with Crippen molar-refractivity contribution in [1.82, 2.24) is 15.1 Å². The van der Waals surface area contributed by atoms with Crippen LogP contribution < -0.4 is 5.32 Å². The summed E-state index contributed by atoms with van der Waals surface area (Å²) in [5, 5.41) is 7.32. The largest absolute Gasteiger partial charge is 0.462 e. The first kappa shape index (κ1) is 20.3. The molecule has 6 heteroatoms. The molecule has 2 aromatic carbocycles. The van der Waals surface area contributed by atoms with Crippen molar-refractivity contribution >= 4 is 11.9 Å². The van der Waals surface area contributed by atoms with E-state index in [-0.39, 0.29) is 18.6 Å². The molecule has 3 aromatic rings. The fraction of sp³-hybridized carbons (Fsp3) is 0.261. The highest BCUT2D eigenvalue weighted by Crippen LogP contribution is 2.27. The quantitative estimate of drug-likeness (QED) is 0.648. The van der Waals surface area contributed by atoms with E-state index < -0.39 is 5.97 Å². The number of para-hydroxylation sites is 1. The maximum atomic E-state index is 12.9. The van der Waals surface area contributed by atoms with Crippen molar-refractivity contribution in [3.8, 4) is 16.9 Å². The lowest BCUT2D eigenvalue weighted by Gasteiger charge is -2.09. The van der Waals surface area contributed by atoms with Crippen LogP contribution in [-0.4, -0.2) is 34.3 Å². The minimum atomic E-state index is -0.475. The molecule has 0 radical (unpaired) electrons. The van der Waals surface area contributed by atoms with Gasteiger partial charge in [-0.2, -0.15) is 5.10 Å². The van der Waals surface area contributed by atoms with E-state index in [1.54, 1.807) is 24.7 Å². The third-order valence-corrected chi connectivity index (χ3v) is 4.38. The molecule has 0 unspecified atom stereocenters. The van der Waals surface area contributed by atoms with Gasteiger partial charge in [-0.05, 0) is 45.4 Å². The molecule has 0 aliphatic heterocycles. The summed E-state index contributed by atoms with van der Waals surface area (Å²) < 4.78 is 6.76. The summed E-state index contributed by atoms with van der Waals surface area (Å²) >= 11 is 0. The van der Waals surface area contributed by atoms with Crippen molar-refractivity contribution in [2.75, 3.05) is 6.54 Å². The molecule has 29 heavy (non-hydrogen) atoms. The maximum absolute atomic E-state index is 12.9. The van der Waals surface area contributed by atoms with Gasteiger partial charge in [-0.15, -0.1) is 0 Å². The first-order valence-corrected chi connectivity index (χ1v) is 9.55. The molecule has 0 atom stereocenters. The zero-order valence-corrected chi connectivity index (χ0v) is 17.1. The van der Waals surface area contributed by atoms with Crippen LogP contribution in [0.25, 0.3) is 16.9 Å². The zero-order valence-electron chi connectivity index (χ0n) is 17.1. The van der Waals surface area contributed by atoms with Crippen LogP contribution in [-0.2, 0) is 9.53 Å². The van der Waals surface area contributed by atoms with Crippen molar-refractivity contribution in [2.24, 2.45) is 0 Å². The molecule has 3 rings (SSSR count). The number of benzene rings is 2. The number of amides is 1. The molecular formula is C23H25N3O3. The Hall–Kier alpha value is -3.41. The summed E-state index contributed by atoms with van der Waals surface area (Å²) in [5.41, 5.74) is 4.85. The molecule has 0 spiro atoms. The molecule has 1 amide bonds. The van der Waals surface area contributed by atoms with Gasteiger partial charge >= 0.3 is 5.97 Å². The molecular weight excluding hydrogens is 366 g/mol. The number of esters is 1. The van der Waals surface area contributed by atoms with Gasteiger partial charge in [0, 0.05) is 11.8 Å². The Kier molecular flexibility index (Phi) is 6.12. The van der Waals surface area contributed by atoms with Crippen LogP contribution in [0.4, 0.5) is 0 Å². The van der Waals surface area contributed by atoms with Gasteiger partial charge in [-0.3, -0.25) is 9.59 Å². The summed E-state index contributed by atoms with van der Waals surface area (Å²) in [6, 6.07) is 15.6. The van der Waals surface area contributed by atoms with Crippen molar-refractivity contribution in [3.63, 3.8) is 0 Å². The topological polar surface area (TPSA) is 73.2 Å². The summed E-state index contributed by atoms with van der Waals surface area (Å²) in [4.78, 5) is 24.7. The van der Waals surface area contributed by atoms with Crippen LogP contribution in [0.3, 0.4) is 0 Å². The summed E-state index contributed by atoms with van der Waals surface area (Å²) in [6.45, 7) is 7.35. The van der Waals surface area contributed by atoms with Crippen LogP contribution in [0.2, 0.25) is 0 Å². The summed E-state index contributed by atoms with van der Waals surface area (Å²) in [5.74, 6) is -0.847. The van der Waals surface area contributed by atoms with Gasteiger partial charge in [0.05, 0.1) is 17.4 Å². The van der Waals surface area contributed by atoms with Gasteiger partial charge < -0.3 is 10.1 Å². The van der Waals surface area contributed by atoms with E-state index in [2.05, 4.69) is 16.5 Å². The van der Waals surface area contributed by atoms with E-state index in [1.165, 1.54) is 0 Å². The predicted molar refractivity (Wildman–Crippen MR) is 112 cm³/mol. The Morgan fingerprint density at radius 1 is 1.10 bits per heavy atom. The molecule has 150 valence electrons. The smallest absolute Gasteiger partial charge is 0.325 e. The van der Waals surface area contributed by atoms with Crippen LogP contribution in [0.15, 0.2) is 54.7 Å². The third-order valence-electron chi connectivity index (χ3n) is 4.38. The minimum absolute atomic E-state index is 0.195. The van der Waals surface area contributed by atoms with Crippen LogP contribution in [0.5, 0.6) is 0 Å². The molecule has 0 aliphatic carbocycles. The highest BCUT2D eigenvalue weighted by molar-refractivity contribution is 6.01. The number of nitrogens with zero attached hydrogens (tertiary/aromatic N) is 2. The lowest BCUT2D eigenvalue weighted by atomic mass is 10.0. The number of rotatable bonds is 6. The average molecular weight is 391 g/mol. The molecule has 0 saturated carbocycles. The highest BCUT2D eigenvalue weighted by Gasteiger charge is 2.20. The molecule has 1 N–H and O–H groups in total. The van der Waals surface area contributed by atoms with E-state index in [9.17, 15) is 9.59 Å². The average Bonchev–Trinajstić information content (AvgIpc) is 3.11. The number of aromatic nitrogens is 2. The number of hydrogen-bond donors (Lipinski definition) is 1. The molecule has 0 saturated heterocycles. The number of hydrogen-bond acceptors (Lipinski definition) is 4. The van der Waals surface area contributed by atoms with Gasteiger partial charge in [-0.25, -0.2) is 4.68 Å². The number of nitrogens with one attached hydrogen (secondary N) is 1. The van der Waals surface area contributed by atoms with E-state index in [4.69, 9.17) is 4.74 Å². The third kappa shape index (κ3) is 4.90. The Bertz CT molecular complexity index is 1020. The molecule has 0 fully saturated rings. The van der Waals surface area contributed by atoms with Gasteiger partial charge in [0.15, 0.2) is 0 Å². The normalized spacial score (nSPS) is 10.8. The Labute approximate surface area is 170 Å².